The molecule has 0 radical (unpaired) electrons. The second-order valence-corrected chi connectivity index (χ2v) is 6.10. The van der Waals surface area contributed by atoms with Crippen molar-refractivity contribution in [3.8, 4) is 0 Å². The average Bonchev–Trinajstić information content (AvgIpc) is 2.45. The third-order valence-electron chi connectivity index (χ3n) is 4.34. The predicted octanol–water partition coefficient (Wildman–Crippen LogP) is 1.47. The normalized spacial score (nSPS) is 19.4. The first-order valence-corrected chi connectivity index (χ1v) is 7.60. The van der Waals surface area contributed by atoms with Crippen molar-refractivity contribution in [2.75, 3.05) is 13.1 Å². The highest BCUT2D eigenvalue weighted by Gasteiger charge is 2.25. The van der Waals surface area contributed by atoms with Gasteiger partial charge in [-0.2, -0.15) is 0 Å². The van der Waals surface area contributed by atoms with Crippen LogP contribution in [-0.2, 0) is 11.3 Å². The van der Waals surface area contributed by atoms with Crippen LogP contribution in [-0.4, -0.2) is 34.9 Å². The Morgan fingerprint density at radius 2 is 2.00 bits per heavy atom. The Morgan fingerprint density at radius 1 is 1.23 bits per heavy atom. The quantitative estimate of drug-likeness (QED) is 0.882. The number of pyridine rings is 1. The van der Waals surface area contributed by atoms with Crippen LogP contribution >= 0.6 is 0 Å². The second-order valence-electron chi connectivity index (χ2n) is 6.10. The maximum atomic E-state index is 12.4. The zero-order valence-corrected chi connectivity index (χ0v) is 13.2. The molecule has 0 saturated carbocycles. The summed E-state index contributed by atoms with van der Waals surface area (Å²) in [5, 5.41) is 3.58. The van der Waals surface area contributed by atoms with E-state index in [0.717, 1.165) is 34.3 Å². The van der Waals surface area contributed by atoms with Gasteiger partial charge in [-0.1, -0.05) is 6.07 Å². The number of piperazine rings is 1. The summed E-state index contributed by atoms with van der Waals surface area (Å²) >= 11 is 0. The van der Waals surface area contributed by atoms with Crippen LogP contribution in [0.15, 0.2) is 23.0 Å². The number of nitrogens with zero attached hydrogens (tertiary/aromatic N) is 1. The van der Waals surface area contributed by atoms with E-state index in [1.807, 2.05) is 26.8 Å². The average molecular weight is 299 g/mol. The minimum Gasteiger partial charge on any atom is -0.357 e. The van der Waals surface area contributed by atoms with Gasteiger partial charge in [-0.3, -0.25) is 14.5 Å². The monoisotopic (exact) mass is 299 g/mol. The molecule has 2 aromatic rings. The van der Waals surface area contributed by atoms with E-state index in [1.165, 1.54) is 0 Å². The number of aryl methyl sites for hydroxylation is 2. The van der Waals surface area contributed by atoms with Gasteiger partial charge in [0.1, 0.15) is 0 Å². The Balaban J connectivity index is 1.98. The molecule has 2 N–H and O–H groups in total. The number of benzene rings is 1. The third kappa shape index (κ3) is 2.64. The number of fused-ring (bicyclic) bond motifs is 1. The molecular formula is C17H21N3O2. The van der Waals surface area contributed by atoms with Crippen LogP contribution in [0.2, 0.25) is 0 Å². The van der Waals surface area contributed by atoms with E-state index in [0.29, 0.717) is 13.1 Å². The molecule has 116 valence electrons. The number of rotatable bonds is 2. The molecule has 5 heteroatoms. The van der Waals surface area contributed by atoms with E-state index in [2.05, 4.69) is 21.3 Å². The lowest BCUT2D eigenvalue weighted by molar-refractivity contribution is -0.128. The molecule has 0 spiro atoms. The second kappa shape index (κ2) is 5.57. The standard InChI is InChI=1S/C17H21N3O2/c1-10-6-11(2)16-14(7-10)15(21)8-13(19-16)9-20-5-4-18-17(22)12(20)3/h6-8,12H,4-5,9H2,1-3H3,(H,18,22)(H,19,21)/t12-/m1/s1. The van der Waals surface area contributed by atoms with Crippen molar-refractivity contribution in [2.24, 2.45) is 0 Å². The number of carbonyl (C=O) groups is 1. The van der Waals surface area contributed by atoms with Gasteiger partial charge in [0.15, 0.2) is 5.43 Å². The van der Waals surface area contributed by atoms with Gasteiger partial charge in [0.2, 0.25) is 5.91 Å². The highest BCUT2D eigenvalue weighted by molar-refractivity contribution is 5.83. The van der Waals surface area contributed by atoms with Crippen molar-refractivity contribution in [1.82, 2.24) is 15.2 Å². The fraction of sp³-hybridized carbons (Fsp3) is 0.412. The highest BCUT2D eigenvalue weighted by atomic mass is 16.2. The van der Waals surface area contributed by atoms with Crippen LogP contribution in [0, 0.1) is 13.8 Å². The number of hydrogen-bond donors (Lipinski definition) is 2. The van der Waals surface area contributed by atoms with Gasteiger partial charge in [-0.15, -0.1) is 0 Å². The lowest BCUT2D eigenvalue weighted by Gasteiger charge is -2.32. The van der Waals surface area contributed by atoms with E-state index in [1.54, 1.807) is 6.07 Å². The van der Waals surface area contributed by atoms with Crippen LogP contribution in [0.1, 0.15) is 23.7 Å². The summed E-state index contributed by atoms with van der Waals surface area (Å²) in [7, 11) is 0. The molecule has 1 aliphatic heterocycles. The van der Waals surface area contributed by atoms with Crippen LogP contribution in [0.3, 0.4) is 0 Å². The van der Waals surface area contributed by atoms with Gasteiger partial charge in [-0.05, 0) is 38.0 Å². The van der Waals surface area contributed by atoms with Gasteiger partial charge < -0.3 is 10.3 Å². The van der Waals surface area contributed by atoms with E-state index >= 15 is 0 Å². The van der Waals surface area contributed by atoms with Crippen molar-refractivity contribution in [1.29, 1.82) is 0 Å². The summed E-state index contributed by atoms with van der Waals surface area (Å²) in [6.45, 7) is 7.91. The first-order chi connectivity index (χ1) is 10.5. The largest absolute Gasteiger partial charge is 0.357 e. The highest BCUT2D eigenvalue weighted by Crippen LogP contribution is 2.17. The van der Waals surface area contributed by atoms with Crippen LogP contribution in [0.5, 0.6) is 0 Å². The topological polar surface area (TPSA) is 65.2 Å². The molecule has 3 rings (SSSR count). The van der Waals surface area contributed by atoms with Gasteiger partial charge >= 0.3 is 0 Å². The van der Waals surface area contributed by atoms with Gasteiger partial charge in [0.25, 0.3) is 0 Å². The number of aromatic amines is 1. The minimum absolute atomic E-state index is 0.0321. The summed E-state index contributed by atoms with van der Waals surface area (Å²) in [5.74, 6) is 0.0428. The SMILES string of the molecule is Cc1cc(C)c2[nH]c(CN3CCNC(=O)[C@H]3C)cc(=O)c2c1. The smallest absolute Gasteiger partial charge is 0.237 e. The van der Waals surface area contributed by atoms with E-state index < -0.39 is 0 Å². The van der Waals surface area contributed by atoms with Crippen LogP contribution < -0.4 is 10.7 Å². The van der Waals surface area contributed by atoms with Crippen molar-refractivity contribution < 1.29 is 4.79 Å². The Bertz CT molecular complexity index is 794. The molecule has 1 aromatic carbocycles. The van der Waals surface area contributed by atoms with Crippen LogP contribution in [0.4, 0.5) is 0 Å². The molecule has 0 unspecified atom stereocenters. The first kappa shape index (κ1) is 14.8. The summed E-state index contributed by atoms with van der Waals surface area (Å²) in [4.78, 5) is 29.6. The zero-order valence-electron chi connectivity index (χ0n) is 13.2. The van der Waals surface area contributed by atoms with E-state index in [-0.39, 0.29) is 17.4 Å². The Labute approximate surface area is 129 Å². The maximum absolute atomic E-state index is 12.4. The summed E-state index contributed by atoms with van der Waals surface area (Å²) in [5.41, 5.74) is 3.93. The zero-order chi connectivity index (χ0) is 15.9. The molecule has 1 saturated heterocycles. The minimum atomic E-state index is -0.174. The number of carbonyl (C=O) groups excluding carboxylic acids is 1. The van der Waals surface area contributed by atoms with Crippen molar-refractivity contribution >= 4 is 16.8 Å². The fourth-order valence-corrected chi connectivity index (χ4v) is 3.11. The van der Waals surface area contributed by atoms with Crippen molar-refractivity contribution in [2.45, 2.75) is 33.4 Å². The summed E-state index contributed by atoms with van der Waals surface area (Å²) in [6, 6.07) is 5.47. The fourth-order valence-electron chi connectivity index (χ4n) is 3.11. The van der Waals surface area contributed by atoms with Gasteiger partial charge in [-0.25, -0.2) is 0 Å². The Hall–Kier alpha value is -2.14. The van der Waals surface area contributed by atoms with Crippen LogP contribution in [0.25, 0.3) is 10.9 Å². The number of hydrogen-bond acceptors (Lipinski definition) is 3. The number of amides is 1. The van der Waals surface area contributed by atoms with E-state index in [9.17, 15) is 9.59 Å². The molecule has 1 atom stereocenters. The van der Waals surface area contributed by atoms with Crippen molar-refractivity contribution in [3.63, 3.8) is 0 Å². The maximum Gasteiger partial charge on any atom is 0.237 e. The Morgan fingerprint density at radius 3 is 2.77 bits per heavy atom. The molecular weight excluding hydrogens is 278 g/mol. The number of nitrogens with one attached hydrogen (secondary N) is 2. The molecule has 1 fully saturated rings. The molecule has 1 aliphatic rings. The van der Waals surface area contributed by atoms with Crippen molar-refractivity contribution in [3.05, 3.63) is 45.2 Å². The molecule has 1 aromatic heterocycles. The van der Waals surface area contributed by atoms with E-state index in [4.69, 9.17) is 0 Å². The molecule has 0 aliphatic carbocycles. The molecule has 1 amide bonds. The molecule has 0 bridgehead atoms. The predicted molar refractivity (Wildman–Crippen MR) is 86.9 cm³/mol. The summed E-state index contributed by atoms with van der Waals surface area (Å²) < 4.78 is 0. The van der Waals surface area contributed by atoms with Gasteiger partial charge in [0, 0.05) is 36.8 Å². The van der Waals surface area contributed by atoms with Gasteiger partial charge in [0.05, 0.1) is 11.6 Å². The first-order valence-electron chi connectivity index (χ1n) is 7.60. The molecule has 5 nitrogen and oxygen atoms in total. The molecule has 2 heterocycles. The lowest BCUT2D eigenvalue weighted by atomic mass is 10.1. The number of aromatic nitrogens is 1. The number of H-pyrrole nitrogens is 1. The third-order valence-corrected chi connectivity index (χ3v) is 4.34. The summed E-state index contributed by atoms with van der Waals surface area (Å²) in [6.07, 6.45) is 0. The lowest BCUT2D eigenvalue weighted by Crippen LogP contribution is -2.53. The Kier molecular flexibility index (Phi) is 3.74. The molecule has 22 heavy (non-hydrogen) atoms.